The topological polar surface area (TPSA) is 46.5 Å². The fraction of sp³-hybridized carbons (Fsp3) is 0.929. The van der Waals surface area contributed by atoms with Crippen molar-refractivity contribution in [3.8, 4) is 0 Å². The van der Waals surface area contributed by atoms with E-state index in [0.717, 1.165) is 12.8 Å². The molecule has 3 nitrogen and oxygen atoms in total. The van der Waals surface area contributed by atoms with Gasteiger partial charge in [-0.3, -0.25) is 0 Å². The molecule has 3 atom stereocenters. The van der Waals surface area contributed by atoms with Gasteiger partial charge in [-0.2, -0.15) is 0 Å². The Balaban J connectivity index is 3.05. The molecule has 0 saturated heterocycles. The minimum atomic E-state index is -1.35. The molecule has 3 heteroatoms. The third-order valence-electron chi connectivity index (χ3n) is 4.29. The Morgan fingerprint density at radius 2 is 1.94 bits per heavy atom. The summed E-state index contributed by atoms with van der Waals surface area (Å²) < 4.78 is 4.82. The van der Waals surface area contributed by atoms with Crippen LogP contribution in [0, 0.1) is 23.2 Å². The number of hydrogen-bond donors (Lipinski definition) is 1. The van der Waals surface area contributed by atoms with Gasteiger partial charge in [0.1, 0.15) is 0 Å². The number of aliphatic hydroxyl groups is 1. The first-order valence-electron chi connectivity index (χ1n) is 6.46. The lowest BCUT2D eigenvalue weighted by Crippen LogP contribution is -2.52. The van der Waals surface area contributed by atoms with Gasteiger partial charge in [0, 0.05) is 5.92 Å². The molecule has 0 aromatic rings. The Labute approximate surface area is 105 Å². The van der Waals surface area contributed by atoms with E-state index in [2.05, 4.69) is 20.8 Å². The van der Waals surface area contributed by atoms with Crippen LogP contribution in [0.1, 0.15) is 47.5 Å². The molecular weight excluding hydrogens is 216 g/mol. The van der Waals surface area contributed by atoms with Gasteiger partial charge in [-0.05, 0) is 30.1 Å². The van der Waals surface area contributed by atoms with Crippen LogP contribution < -0.4 is 0 Å². The summed E-state index contributed by atoms with van der Waals surface area (Å²) in [5.41, 5.74) is -1.15. The molecule has 17 heavy (non-hydrogen) atoms. The van der Waals surface area contributed by atoms with Crippen molar-refractivity contribution in [2.24, 2.45) is 23.2 Å². The van der Waals surface area contributed by atoms with Gasteiger partial charge in [0.2, 0.25) is 0 Å². The van der Waals surface area contributed by atoms with E-state index in [-0.39, 0.29) is 17.3 Å². The summed E-state index contributed by atoms with van der Waals surface area (Å²) in [6.07, 6.45) is 1.92. The van der Waals surface area contributed by atoms with E-state index in [4.69, 9.17) is 4.74 Å². The normalized spacial score (nSPS) is 31.3. The van der Waals surface area contributed by atoms with Gasteiger partial charge in [-0.1, -0.05) is 34.6 Å². The number of carbonyl (C=O) groups excluding carboxylic acids is 1. The van der Waals surface area contributed by atoms with Crippen LogP contribution in [-0.2, 0) is 9.53 Å². The molecular formula is C14H26O3. The maximum Gasteiger partial charge on any atom is 0.338 e. The zero-order valence-corrected chi connectivity index (χ0v) is 11.9. The maximum atomic E-state index is 11.9. The van der Waals surface area contributed by atoms with Crippen LogP contribution in [0.5, 0.6) is 0 Å². The lowest BCUT2D eigenvalue weighted by molar-refractivity contribution is -0.177. The minimum absolute atomic E-state index is 0.00931. The van der Waals surface area contributed by atoms with Crippen molar-refractivity contribution in [3.05, 3.63) is 0 Å². The summed E-state index contributed by atoms with van der Waals surface area (Å²) in [6, 6.07) is 0. The van der Waals surface area contributed by atoms with Gasteiger partial charge < -0.3 is 9.84 Å². The van der Waals surface area contributed by atoms with E-state index in [1.54, 1.807) is 0 Å². The standard InChI is InChI=1S/C14H26O3/c1-9(2)14(16,12(15)17-6)11-8-13(4,5)7-10(11)3/h9-11,16H,7-8H2,1-6H3. The zero-order valence-electron chi connectivity index (χ0n) is 11.9. The average molecular weight is 242 g/mol. The molecule has 0 amide bonds. The molecule has 1 aliphatic rings. The van der Waals surface area contributed by atoms with Gasteiger partial charge in [0.15, 0.2) is 5.60 Å². The minimum Gasteiger partial charge on any atom is -0.467 e. The molecule has 1 rings (SSSR count). The van der Waals surface area contributed by atoms with Gasteiger partial charge in [-0.25, -0.2) is 4.79 Å². The predicted molar refractivity (Wildman–Crippen MR) is 67.5 cm³/mol. The number of hydrogen-bond acceptors (Lipinski definition) is 3. The second-order valence-corrected chi connectivity index (χ2v) is 6.63. The van der Waals surface area contributed by atoms with Crippen molar-refractivity contribution in [1.82, 2.24) is 0 Å². The second kappa shape index (κ2) is 4.60. The molecule has 1 aliphatic carbocycles. The molecule has 0 aliphatic heterocycles. The maximum absolute atomic E-state index is 11.9. The van der Waals surface area contributed by atoms with E-state index < -0.39 is 11.6 Å². The van der Waals surface area contributed by atoms with Crippen LogP contribution in [0.15, 0.2) is 0 Å². The van der Waals surface area contributed by atoms with E-state index >= 15 is 0 Å². The quantitative estimate of drug-likeness (QED) is 0.774. The van der Waals surface area contributed by atoms with Gasteiger partial charge in [0.05, 0.1) is 7.11 Å². The second-order valence-electron chi connectivity index (χ2n) is 6.63. The highest BCUT2D eigenvalue weighted by Crippen LogP contribution is 2.51. The number of carbonyl (C=O) groups is 1. The molecule has 1 N–H and O–H groups in total. The molecule has 100 valence electrons. The summed E-state index contributed by atoms with van der Waals surface area (Å²) in [4.78, 5) is 11.9. The Bertz CT molecular complexity index is 296. The number of esters is 1. The van der Waals surface area contributed by atoms with Crippen LogP contribution in [0.25, 0.3) is 0 Å². The van der Waals surface area contributed by atoms with E-state index in [1.807, 2.05) is 13.8 Å². The van der Waals surface area contributed by atoms with Gasteiger partial charge >= 0.3 is 5.97 Å². The molecule has 0 aromatic carbocycles. The van der Waals surface area contributed by atoms with Crippen LogP contribution in [0.2, 0.25) is 0 Å². The molecule has 3 unspecified atom stereocenters. The van der Waals surface area contributed by atoms with Crippen molar-refractivity contribution in [2.75, 3.05) is 7.11 Å². The molecule has 0 bridgehead atoms. The smallest absolute Gasteiger partial charge is 0.338 e. The molecule has 1 fully saturated rings. The summed E-state index contributed by atoms with van der Waals surface area (Å²) in [5.74, 6) is -0.278. The summed E-state index contributed by atoms with van der Waals surface area (Å²) in [7, 11) is 1.35. The third kappa shape index (κ3) is 2.49. The highest BCUT2D eigenvalue weighted by atomic mass is 16.5. The SMILES string of the molecule is COC(=O)C(O)(C(C)C)C1CC(C)(C)CC1C. The van der Waals surface area contributed by atoms with Crippen LogP contribution in [-0.4, -0.2) is 23.8 Å². The van der Waals surface area contributed by atoms with Gasteiger partial charge in [0.25, 0.3) is 0 Å². The predicted octanol–water partition coefficient (Wildman–Crippen LogP) is 2.62. The summed E-state index contributed by atoms with van der Waals surface area (Å²) in [6.45, 7) is 10.3. The first-order valence-corrected chi connectivity index (χ1v) is 6.46. The third-order valence-corrected chi connectivity index (χ3v) is 4.29. The van der Waals surface area contributed by atoms with E-state index in [0.29, 0.717) is 5.92 Å². The van der Waals surface area contributed by atoms with Crippen LogP contribution in [0.4, 0.5) is 0 Å². The van der Waals surface area contributed by atoms with Gasteiger partial charge in [-0.15, -0.1) is 0 Å². The highest BCUT2D eigenvalue weighted by molar-refractivity contribution is 5.80. The summed E-state index contributed by atoms with van der Waals surface area (Å²) in [5, 5.41) is 10.8. The lowest BCUT2D eigenvalue weighted by atomic mass is 9.73. The molecule has 0 spiro atoms. The first-order chi connectivity index (χ1) is 7.65. The summed E-state index contributed by atoms with van der Waals surface area (Å²) >= 11 is 0. The average Bonchev–Trinajstić information content (AvgIpc) is 2.49. The first kappa shape index (κ1) is 14.5. The lowest BCUT2D eigenvalue weighted by Gasteiger charge is -2.37. The van der Waals surface area contributed by atoms with Crippen LogP contribution in [0.3, 0.4) is 0 Å². The highest BCUT2D eigenvalue weighted by Gasteiger charge is 2.54. The number of methoxy groups -OCH3 is 1. The molecule has 0 aromatic heterocycles. The fourth-order valence-corrected chi connectivity index (χ4v) is 3.46. The Morgan fingerprint density at radius 1 is 1.41 bits per heavy atom. The fourth-order valence-electron chi connectivity index (χ4n) is 3.46. The van der Waals surface area contributed by atoms with Crippen molar-refractivity contribution in [3.63, 3.8) is 0 Å². The van der Waals surface area contributed by atoms with Crippen molar-refractivity contribution < 1.29 is 14.6 Å². The van der Waals surface area contributed by atoms with Crippen LogP contribution >= 0.6 is 0 Å². The largest absolute Gasteiger partial charge is 0.467 e. The van der Waals surface area contributed by atoms with Crippen molar-refractivity contribution in [1.29, 1.82) is 0 Å². The molecule has 1 saturated carbocycles. The number of rotatable bonds is 3. The number of ether oxygens (including phenoxy) is 1. The molecule has 0 heterocycles. The Hall–Kier alpha value is -0.570. The molecule has 0 radical (unpaired) electrons. The van der Waals surface area contributed by atoms with E-state index in [1.165, 1.54) is 7.11 Å². The Morgan fingerprint density at radius 3 is 2.24 bits per heavy atom. The van der Waals surface area contributed by atoms with Crippen molar-refractivity contribution in [2.45, 2.75) is 53.1 Å². The van der Waals surface area contributed by atoms with Crippen molar-refractivity contribution >= 4 is 5.97 Å². The zero-order chi connectivity index (χ0) is 13.4. The Kier molecular flexibility index (Phi) is 3.92. The monoisotopic (exact) mass is 242 g/mol. The van der Waals surface area contributed by atoms with E-state index in [9.17, 15) is 9.90 Å².